The van der Waals surface area contributed by atoms with Gasteiger partial charge in [-0.05, 0) is 30.7 Å². The lowest BCUT2D eigenvalue weighted by atomic mass is 10.1. The van der Waals surface area contributed by atoms with E-state index in [1.54, 1.807) is 35.7 Å². The Morgan fingerprint density at radius 1 is 1.32 bits per heavy atom. The van der Waals surface area contributed by atoms with Gasteiger partial charge in [0.25, 0.3) is 11.6 Å². The van der Waals surface area contributed by atoms with Crippen LogP contribution in [0.4, 0.5) is 11.4 Å². The lowest BCUT2D eigenvalue weighted by Gasteiger charge is -2.07. The molecule has 2 aromatic heterocycles. The van der Waals surface area contributed by atoms with Crippen LogP contribution in [0.5, 0.6) is 0 Å². The molecule has 1 aromatic carbocycles. The van der Waals surface area contributed by atoms with Gasteiger partial charge in [0.2, 0.25) is 0 Å². The van der Waals surface area contributed by atoms with Crippen molar-refractivity contribution < 1.29 is 9.72 Å². The molecule has 0 bridgehead atoms. The molecule has 0 radical (unpaired) electrons. The number of nitro groups is 1. The van der Waals surface area contributed by atoms with E-state index in [4.69, 9.17) is 0 Å². The SMILES string of the molecule is Cc1ccc([N+](=O)[O-])c(C(=O)Nc2ccc3nncn3c2)c1. The van der Waals surface area contributed by atoms with Crippen molar-refractivity contribution >= 4 is 22.9 Å². The van der Waals surface area contributed by atoms with Gasteiger partial charge in [-0.3, -0.25) is 19.3 Å². The first-order valence-corrected chi connectivity index (χ1v) is 6.40. The van der Waals surface area contributed by atoms with E-state index < -0.39 is 10.8 Å². The van der Waals surface area contributed by atoms with Crippen LogP contribution in [0.15, 0.2) is 42.9 Å². The van der Waals surface area contributed by atoms with Crippen molar-refractivity contribution in [2.45, 2.75) is 6.92 Å². The summed E-state index contributed by atoms with van der Waals surface area (Å²) in [6.45, 7) is 1.77. The van der Waals surface area contributed by atoms with Gasteiger partial charge in [-0.2, -0.15) is 0 Å². The number of rotatable bonds is 3. The number of nitro benzene ring substituents is 1. The molecule has 0 aliphatic carbocycles. The van der Waals surface area contributed by atoms with Gasteiger partial charge in [-0.1, -0.05) is 6.07 Å². The molecule has 0 spiro atoms. The maximum Gasteiger partial charge on any atom is 0.282 e. The fourth-order valence-corrected chi connectivity index (χ4v) is 2.09. The third kappa shape index (κ3) is 2.49. The van der Waals surface area contributed by atoms with Crippen molar-refractivity contribution in [1.82, 2.24) is 14.6 Å². The maximum absolute atomic E-state index is 12.3. The molecule has 110 valence electrons. The number of pyridine rings is 1. The van der Waals surface area contributed by atoms with Crippen LogP contribution in [0.25, 0.3) is 5.65 Å². The highest BCUT2D eigenvalue weighted by atomic mass is 16.6. The smallest absolute Gasteiger partial charge is 0.282 e. The lowest BCUT2D eigenvalue weighted by Crippen LogP contribution is -2.14. The average Bonchev–Trinajstić information content (AvgIpc) is 2.94. The molecule has 0 aliphatic heterocycles. The number of aryl methyl sites for hydroxylation is 1. The number of hydrogen-bond donors (Lipinski definition) is 1. The van der Waals surface area contributed by atoms with Crippen LogP contribution in [0.1, 0.15) is 15.9 Å². The van der Waals surface area contributed by atoms with Crippen LogP contribution in [-0.4, -0.2) is 25.4 Å². The van der Waals surface area contributed by atoms with E-state index in [1.807, 2.05) is 0 Å². The molecule has 0 unspecified atom stereocenters. The minimum Gasteiger partial charge on any atom is -0.320 e. The monoisotopic (exact) mass is 297 g/mol. The molecule has 22 heavy (non-hydrogen) atoms. The number of fused-ring (bicyclic) bond motifs is 1. The molecular formula is C14H11N5O3. The Hall–Kier alpha value is -3.29. The maximum atomic E-state index is 12.3. The predicted molar refractivity (Wildman–Crippen MR) is 78.8 cm³/mol. The molecule has 1 amide bonds. The molecule has 0 saturated heterocycles. The number of nitrogens with zero attached hydrogens (tertiary/aromatic N) is 4. The number of amides is 1. The Labute approximate surface area is 124 Å². The molecular weight excluding hydrogens is 286 g/mol. The van der Waals surface area contributed by atoms with Crippen LogP contribution in [-0.2, 0) is 0 Å². The molecule has 0 aliphatic rings. The molecule has 3 aromatic rings. The van der Waals surface area contributed by atoms with Crippen LogP contribution in [0, 0.1) is 17.0 Å². The van der Waals surface area contributed by atoms with Crippen molar-refractivity contribution in [3.05, 3.63) is 64.1 Å². The summed E-state index contributed by atoms with van der Waals surface area (Å²) in [4.78, 5) is 22.8. The third-order valence-electron chi connectivity index (χ3n) is 3.14. The topological polar surface area (TPSA) is 102 Å². The van der Waals surface area contributed by atoms with E-state index in [-0.39, 0.29) is 11.3 Å². The molecule has 8 heteroatoms. The fraction of sp³-hybridized carbons (Fsp3) is 0.0714. The summed E-state index contributed by atoms with van der Waals surface area (Å²) in [5, 5.41) is 21.3. The van der Waals surface area contributed by atoms with Gasteiger partial charge >= 0.3 is 0 Å². The molecule has 2 heterocycles. The molecule has 3 rings (SSSR count). The standard InChI is InChI=1S/C14H11N5O3/c1-9-2-4-12(19(21)22)11(6-9)14(20)16-10-3-5-13-17-15-8-18(13)7-10/h2-8H,1H3,(H,16,20). The number of anilines is 1. The van der Waals surface area contributed by atoms with E-state index in [9.17, 15) is 14.9 Å². The molecule has 0 atom stereocenters. The Bertz CT molecular complexity index is 887. The summed E-state index contributed by atoms with van der Waals surface area (Å²) in [6, 6.07) is 7.76. The van der Waals surface area contributed by atoms with Gasteiger partial charge in [0, 0.05) is 12.3 Å². The third-order valence-corrected chi connectivity index (χ3v) is 3.14. The highest BCUT2D eigenvalue weighted by Crippen LogP contribution is 2.21. The van der Waals surface area contributed by atoms with Gasteiger partial charge in [0.05, 0.1) is 10.6 Å². The average molecular weight is 297 g/mol. The minimum absolute atomic E-state index is 0.0221. The van der Waals surface area contributed by atoms with Gasteiger partial charge in [-0.15, -0.1) is 10.2 Å². The van der Waals surface area contributed by atoms with E-state index >= 15 is 0 Å². The van der Waals surface area contributed by atoms with Crippen LogP contribution >= 0.6 is 0 Å². The number of aromatic nitrogens is 3. The number of carbonyl (C=O) groups excluding carboxylic acids is 1. The second-order valence-corrected chi connectivity index (χ2v) is 4.75. The van der Waals surface area contributed by atoms with Crippen molar-refractivity contribution in [2.75, 3.05) is 5.32 Å². The molecule has 0 fully saturated rings. The number of benzene rings is 1. The quantitative estimate of drug-likeness (QED) is 0.589. The molecule has 1 N–H and O–H groups in total. The Morgan fingerprint density at radius 2 is 2.14 bits per heavy atom. The van der Waals surface area contributed by atoms with Crippen LogP contribution in [0.2, 0.25) is 0 Å². The van der Waals surface area contributed by atoms with Gasteiger partial charge in [0.1, 0.15) is 11.9 Å². The Kier molecular flexibility index (Phi) is 3.26. The van der Waals surface area contributed by atoms with Gasteiger partial charge < -0.3 is 5.32 Å². The second-order valence-electron chi connectivity index (χ2n) is 4.75. The number of hydrogen-bond acceptors (Lipinski definition) is 5. The molecule has 0 saturated carbocycles. The van der Waals surface area contributed by atoms with Crippen LogP contribution in [0.3, 0.4) is 0 Å². The summed E-state index contributed by atoms with van der Waals surface area (Å²) in [5.41, 5.74) is 1.69. The first-order chi connectivity index (χ1) is 10.5. The Balaban J connectivity index is 1.94. The van der Waals surface area contributed by atoms with E-state index in [0.717, 1.165) is 5.56 Å². The van der Waals surface area contributed by atoms with E-state index in [2.05, 4.69) is 15.5 Å². The number of carbonyl (C=O) groups is 1. The lowest BCUT2D eigenvalue weighted by molar-refractivity contribution is -0.385. The first-order valence-electron chi connectivity index (χ1n) is 6.40. The zero-order valence-electron chi connectivity index (χ0n) is 11.6. The highest BCUT2D eigenvalue weighted by molar-refractivity contribution is 6.07. The Morgan fingerprint density at radius 3 is 2.91 bits per heavy atom. The summed E-state index contributed by atoms with van der Waals surface area (Å²) < 4.78 is 1.64. The van der Waals surface area contributed by atoms with Crippen LogP contribution < -0.4 is 5.32 Å². The summed E-state index contributed by atoms with van der Waals surface area (Å²) in [7, 11) is 0. The normalized spacial score (nSPS) is 10.6. The largest absolute Gasteiger partial charge is 0.320 e. The summed E-state index contributed by atoms with van der Waals surface area (Å²) in [5.74, 6) is -0.539. The second kappa shape index (κ2) is 5.24. The number of nitrogens with one attached hydrogen (secondary N) is 1. The van der Waals surface area contributed by atoms with Crippen molar-refractivity contribution in [3.8, 4) is 0 Å². The molecule has 8 nitrogen and oxygen atoms in total. The predicted octanol–water partition coefficient (Wildman–Crippen LogP) is 2.20. The van der Waals surface area contributed by atoms with Crippen molar-refractivity contribution in [2.24, 2.45) is 0 Å². The van der Waals surface area contributed by atoms with Crippen molar-refractivity contribution in [3.63, 3.8) is 0 Å². The fourth-order valence-electron chi connectivity index (χ4n) is 2.09. The van der Waals surface area contributed by atoms with Gasteiger partial charge in [-0.25, -0.2) is 0 Å². The van der Waals surface area contributed by atoms with Crippen molar-refractivity contribution in [1.29, 1.82) is 0 Å². The highest BCUT2D eigenvalue weighted by Gasteiger charge is 2.20. The minimum atomic E-state index is -0.572. The first kappa shape index (κ1) is 13.7. The van der Waals surface area contributed by atoms with Gasteiger partial charge in [0.15, 0.2) is 5.65 Å². The summed E-state index contributed by atoms with van der Waals surface area (Å²) in [6.07, 6.45) is 3.13. The van der Waals surface area contributed by atoms with E-state index in [0.29, 0.717) is 11.3 Å². The summed E-state index contributed by atoms with van der Waals surface area (Å²) >= 11 is 0. The zero-order valence-corrected chi connectivity index (χ0v) is 11.6. The van der Waals surface area contributed by atoms with E-state index in [1.165, 1.54) is 18.5 Å². The zero-order chi connectivity index (χ0) is 15.7.